The molecule has 3 N–H and O–H groups in total. The van der Waals surface area contributed by atoms with Gasteiger partial charge in [0.05, 0.1) is 12.5 Å². The lowest BCUT2D eigenvalue weighted by atomic mass is 10.1. The number of nitrogens with two attached hydrogens (primary N) is 1. The molecule has 3 amide bonds. The number of amides is 3. The Morgan fingerprint density at radius 2 is 1.86 bits per heavy atom. The largest absolute Gasteiger partial charge is 0.366 e. The highest BCUT2D eigenvalue weighted by atomic mass is 16.2. The molecule has 148 valence electrons. The number of benzene rings is 2. The van der Waals surface area contributed by atoms with Crippen molar-refractivity contribution in [2.45, 2.75) is 20.3 Å². The van der Waals surface area contributed by atoms with Gasteiger partial charge in [0.1, 0.15) is 0 Å². The third-order valence-corrected chi connectivity index (χ3v) is 5.05. The van der Waals surface area contributed by atoms with E-state index in [9.17, 15) is 14.4 Å². The summed E-state index contributed by atoms with van der Waals surface area (Å²) in [5.41, 5.74) is 9.45. The van der Waals surface area contributed by atoms with Gasteiger partial charge < -0.3 is 16.0 Å². The molecule has 1 saturated heterocycles. The number of carbonyl (C=O) groups excluding carboxylic acids is 3. The van der Waals surface area contributed by atoms with E-state index in [1.54, 1.807) is 29.2 Å². The second-order valence-corrected chi connectivity index (χ2v) is 7.14. The minimum absolute atomic E-state index is 0.0472. The number of nitrogens with zero attached hydrogens (tertiary/aromatic N) is 1. The molecule has 6 heteroatoms. The molecule has 29 heavy (non-hydrogen) atoms. The number of hydrogen-bond acceptors (Lipinski definition) is 3. The first-order valence-electron chi connectivity index (χ1n) is 9.39. The maximum absolute atomic E-state index is 12.4. The topological polar surface area (TPSA) is 92.5 Å². The van der Waals surface area contributed by atoms with Crippen LogP contribution < -0.4 is 16.0 Å². The molecule has 1 aliphatic rings. The number of nitrogens with one attached hydrogen (secondary N) is 1. The Bertz CT molecular complexity index is 1020. The first kappa shape index (κ1) is 20.2. The summed E-state index contributed by atoms with van der Waals surface area (Å²) < 4.78 is 0. The zero-order chi connectivity index (χ0) is 21.0. The van der Waals surface area contributed by atoms with Crippen molar-refractivity contribution >= 4 is 23.4 Å². The average Bonchev–Trinajstić information content (AvgIpc) is 3.09. The van der Waals surface area contributed by atoms with Crippen LogP contribution in [0.4, 0.5) is 5.69 Å². The third-order valence-electron chi connectivity index (χ3n) is 5.05. The number of carbonyl (C=O) groups is 3. The van der Waals surface area contributed by atoms with Gasteiger partial charge in [-0.1, -0.05) is 17.9 Å². The Kier molecular flexibility index (Phi) is 5.99. The van der Waals surface area contributed by atoms with E-state index in [1.165, 1.54) is 0 Å². The smallest absolute Gasteiger partial charge is 0.248 e. The highest BCUT2D eigenvalue weighted by Gasteiger charge is 2.34. The second kappa shape index (κ2) is 8.61. The van der Waals surface area contributed by atoms with Gasteiger partial charge in [0.25, 0.3) is 0 Å². The van der Waals surface area contributed by atoms with E-state index >= 15 is 0 Å². The van der Waals surface area contributed by atoms with Gasteiger partial charge in [-0.3, -0.25) is 14.4 Å². The zero-order valence-electron chi connectivity index (χ0n) is 16.5. The van der Waals surface area contributed by atoms with Crippen molar-refractivity contribution in [1.82, 2.24) is 5.32 Å². The van der Waals surface area contributed by atoms with Gasteiger partial charge in [-0.15, -0.1) is 0 Å². The Morgan fingerprint density at radius 3 is 2.52 bits per heavy atom. The molecule has 2 aromatic rings. The van der Waals surface area contributed by atoms with Gasteiger partial charge in [0.15, 0.2) is 0 Å². The molecule has 0 spiro atoms. The van der Waals surface area contributed by atoms with Crippen LogP contribution in [0, 0.1) is 31.6 Å². The van der Waals surface area contributed by atoms with Gasteiger partial charge in [0, 0.05) is 29.8 Å². The van der Waals surface area contributed by atoms with Gasteiger partial charge in [-0.25, -0.2) is 0 Å². The van der Waals surface area contributed by atoms with Crippen LogP contribution in [-0.2, 0) is 9.59 Å². The number of primary amides is 1. The third kappa shape index (κ3) is 4.82. The molecule has 0 radical (unpaired) electrons. The maximum atomic E-state index is 12.4. The number of rotatable bonds is 4. The summed E-state index contributed by atoms with van der Waals surface area (Å²) in [6.07, 6.45) is 0.195. The molecule has 1 heterocycles. The summed E-state index contributed by atoms with van der Waals surface area (Å²) in [6.45, 7) is 4.58. The summed E-state index contributed by atoms with van der Waals surface area (Å²) in [4.78, 5) is 37.5. The van der Waals surface area contributed by atoms with Crippen molar-refractivity contribution in [2.75, 3.05) is 18.0 Å². The molecule has 1 aliphatic heterocycles. The van der Waals surface area contributed by atoms with Gasteiger partial charge in [0.2, 0.25) is 17.7 Å². The second-order valence-electron chi connectivity index (χ2n) is 7.14. The summed E-state index contributed by atoms with van der Waals surface area (Å²) in [5, 5.41) is 2.77. The van der Waals surface area contributed by atoms with E-state index in [1.807, 2.05) is 32.0 Å². The molecule has 0 bridgehead atoms. The zero-order valence-corrected chi connectivity index (χ0v) is 16.5. The van der Waals surface area contributed by atoms with Crippen LogP contribution in [-0.4, -0.2) is 30.8 Å². The molecule has 1 atom stereocenters. The van der Waals surface area contributed by atoms with Gasteiger partial charge in [-0.2, -0.15) is 0 Å². The molecule has 0 aromatic heterocycles. The van der Waals surface area contributed by atoms with E-state index in [2.05, 4.69) is 17.2 Å². The van der Waals surface area contributed by atoms with Crippen LogP contribution in [0.25, 0.3) is 0 Å². The molecule has 0 aliphatic carbocycles. The highest BCUT2D eigenvalue weighted by molar-refractivity contribution is 6.00. The molecule has 2 aromatic carbocycles. The summed E-state index contributed by atoms with van der Waals surface area (Å²) in [7, 11) is 0. The minimum atomic E-state index is -0.488. The fraction of sp³-hybridized carbons (Fsp3) is 0.261. The minimum Gasteiger partial charge on any atom is -0.366 e. The fourth-order valence-corrected chi connectivity index (χ4v) is 3.17. The lowest BCUT2D eigenvalue weighted by molar-refractivity contribution is -0.126. The van der Waals surface area contributed by atoms with Crippen LogP contribution >= 0.6 is 0 Å². The van der Waals surface area contributed by atoms with Crippen molar-refractivity contribution in [3.05, 3.63) is 64.7 Å². The molecule has 0 saturated carbocycles. The van der Waals surface area contributed by atoms with Crippen molar-refractivity contribution in [3.8, 4) is 11.8 Å². The Morgan fingerprint density at radius 1 is 1.14 bits per heavy atom. The molecule has 6 nitrogen and oxygen atoms in total. The molecule has 1 fully saturated rings. The fourth-order valence-electron chi connectivity index (χ4n) is 3.17. The number of aryl methyl sites for hydroxylation is 2. The molecule has 1 unspecified atom stereocenters. The van der Waals surface area contributed by atoms with Crippen LogP contribution in [0.2, 0.25) is 0 Å². The Labute approximate surface area is 170 Å². The van der Waals surface area contributed by atoms with E-state index in [0.717, 1.165) is 22.4 Å². The lowest BCUT2D eigenvalue weighted by Crippen LogP contribution is -2.33. The highest BCUT2D eigenvalue weighted by Crippen LogP contribution is 2.26. The van der Waals surface area contributed by atoms with Crippen molar-refractivity contribution in [1.29, 1.82) is 0 Å². The SMILES string of the molecule is Cc1ccc(N2CC(C(=O)NCC#Cc3ccc(C(N)=O)cc3)CC2=O)cc1C. The molecular formula is C23H23N3O3. The quantitative estimate of drug-likeness (QED) is 0.783. The first-order chi connectivity index (χ1) is 13.8. The normalized spacial score (nSPS) is 15.6. The van der Waals surface area contributed by atoms with Crippen LogP contribution in [0.5, 0.6) is 0 Å². The average molecular weight is 389 g/mol. The number of anilines is 1. The van der Waals surface area contributed by atoms with E-state index in [0.29, 0.717) is 12.1 Å². The van der Waals surface area contributed by atoms with Crippen LogP contribution in [0.1, 0.15) is 33.5 Å². The standard InChI is InChI=1S/C23H23N3O3/c1-15-5-10-20(12-16(15)2)26-14-19(13-21(26)27)23(29)25-11-3-4-17-6-8-18(9-7-17)22(24)28/h5-10,12,19H,11,13-14H2,1-2H3,(H2,24,28)(H,25,29). The Balaban J connectivity index is 1.54. The summed E-state index contributed by atoms with van der Waals surface area (Å²) >= 11 is 0. The van der Waals surface area contributed by atoms with Crippen molar-refractivity contribution in [2.24, 2.45) is 11.7 Å². The lowest BCUT2D eigenvalue weighted by Gasteiger charge is -2.17. The van der Waals surface area contributed by atoms with Gasteiger partial charge in [-0.05, 0) is 61.4 Å². The maximum Gasteiger partial charge on any atom is 0.248 e. The summed E-state index contributed by atoms with van der Waals surface area (Å²) in [6, 6.07) is 12.5. The molecular weight excluding hydrogens is 366 g/mol. The van der Waals surface area contributed by atoms with E-state index < -0.39 is 5.91 Å². The first-order valence-corrected chi connectivity index (χ1v) is 9.39. The van der Waals surface area contributed by atoms with E-state index in [4.69, 9.17) is 5.73 Å². The van der Waals surface area contributed by atoms with Crippen molar-refractivity contribution < 1.29 is 14.4 Å². The van der Waals surface area contributed by atoms with Gasteiger partial charge >= 0.3 is 0 Å². The predicted octanol–water partition coefficient (Wildman–Crippen LogP) is 1.92. The van der Waals surface area contributed by atoms with Crippen LogP contribution in [0.3, 0.4) is 0 Å². The monoisotopic (exact) mass is 389 g/mol. The van der Waals surface area contributed by atoms with E-state index in [-0.39, 0.29) is 30.7 Å². The summed E-state index contributed by atoms with van der Waals surface area (Å²) in [5.74, 6) is 4.69. The predicted molar refractivity (Wildman–Crippen MR) is 111 cm³/mol. The Hall–Kier alpha value is -3.59. The van der Waals surface area contributed by atoms with Crippen molar-refractivity contribution in [3.63, 3.8) is 0 Å². The number of hydrogen-bond donors (Lipinski definition) is 2. The molecule has 3 rings (SSSR count). The van der Waals surface area contributed by atoms with Crippen LogP contribution in [0.15, 0.2) is 42.5 Å².